The molecule has 1 unspecified atom stereocenters. The number of aryl methyl sites for hydroxylation is 2. The van der Waals surface area contributed by atoms with Gasteiger partial charge in [0.15, 0.2) is 0 Å². The quantitative estimate of drug-likeness (QED) is 0.688. The van der Waals surface area contributed by atoms with Gasteiger partial charge in [-0.2, -0.15) is 0 Å². The molecule has 0 radical (unpaired) electrons. The van der Waals surface area contributed by atoms with E-state index in [1.165, 1.54) is 34.2 Å². The largest absolute Gasteiger partial charge is 0.0625 e. The molecule has 96 valence electrons. The van der Waals surface area contributed by atoms with Crippen LogP contribution in [-0.2, 0) is 6.42 Å². The summed E-state index contributed by atoms with van der Waals surface area (Å²) in [7, 11) is 0. The first-order valence-electron chi connectivity index (χ1n) is 6.98. The summed E-state index contributed by atoms with van der Waals surface area (Å²) in [4.78, 5) is 0. The minimum absolute atomic E-state index is 0.734. The number of rotatable bonds is 3. The Morgan fingerprint density at radius 3 is 2.11 bits per heavy atom. The molecule has 18 heavy (non-hydrogen) atoms. The van der Waals surface area contributed by atoms with Crippen LogP contribution < -0.4 is 0 Å². The van der Waals surface area contributed by atoms with Crippen LogP contribution in [0.3, 0.4) is 0 Å². The molecule has 2 aliphatic carbocycles. The van der Waals surface area contributed by atoms with Crippen LogP contribution in [0.4, 0.5) is 0 Å². The summed E-state index contributed by atoms with van der Waals surface area (Å²) in [5, 5.41) is 0. The van der Waals surface area contributed by atoms with Crippen LogP contribution in [0.1, 0.15) is 37.5 Å². The molecule has 2 aliphatic rings. The van der Waals surface area contributed by atoms with Crippen molar-refractivity contribution in [2.45, 2.75) is 41.0 Å². The Bertz CT molecular complexity index is 508. The lowest BCUT2D eigenvalue weighted by Gasteiger charge is -2.14. The minimum atomic E-state index is 0.734. The highest BCUT2D eigenvalue weighted by Gasteiger charge is 2.11. The van der Waals surface area contributed by atoms with E-state index in [0.717, 1.165) is 11.8 Å². The van der Waals surface area contributed by atoms with Crippen molar-refractivity contribution in [1.82, 2.24) is 0 Å². The number of hydrogen-bond donors (Lipinski definition) is 0. The van der Waals surface area contributed by atoms with Crippen molar-refractivity contribution in [3.8, 4) is 11.1 Å². The van der Waals surface area contributed by atoms with Crippen molar-refractivity contribution in [3.05, 3.63) is 47.0 Å². The van der Waals surface area contributed by atoms with E-state index >= 15 is 0 Å². The van der Waals surface area contributed by atoms with E-state index in [0.29, 0.717) is 0 Å². The van der Waals surface area contributed by atoms with Crippen molar-refractivity contribution in [1.29, 1.82) is 0 Å². The van der Waals surface area contributed by atoms with Gasteiger partial charge in [0.05, 0.1) is 0 Å². The molecule has 0 aromatic rings. The fourth-order valence-corrected chi connectivity index (χ4v) is 2.43. The summed E-state index contributed by atoms with van der Waals surface area (Å²) in [6, 6.07) is 11.4. The van der Waals surface area contributed by atoms with Crippen LogP contribution in [0.25, 0.3) is 11.1 Å². The first-order valence-corrected chi connectivity index (χ1v) is 6.98. The lowest BCUT2D eigenvalue weighted by Crippen LogP contribution is -2.06. The van der Waals surface area contributed by atoms with Crippen LogP contribution in [0.2, 0.25) is 0 Å². The molecule has 0 fully saturated rings. The molecule has 0 amide bonds. The average Bonchev–Trinajstić information content (AvgIpc) is 2.59. The second-order valence-electron chi connectivity index (χ2n) is 6.00. The topological polar surface area (TPSA) is 0 Å². The van der Waals surface area contributed by atoms with Gasteiger partial charge in [-0.15, -0.1) is 0 Å². The highest BCUT2D eigenvalue weighted by Crippen LogP contribution is 2.31. The van der Waals surface area contributed by atoms with Crippen LogP contribution in [0, 0.1) is 25.7 Å². The monoisotopic (exact) mass is 240 g/mol. The van der Waals surface area contributed by atoms with Gasteiger partial charge in [-0.05, 0) is 59.9 Å². The van der Waals surface area contributed by atoms with Gasteiger partial charge in [0.2, 0.25) is 0 Å². The van der Waals surface area contributed by atoms with Crippen molar-refractivity contribution >= 4 is 0 Å². The summed E-state index contributed by atoms with van der Waals surface area (Å²) < 4.78 is 0. The van der Waals surface area contributed by atoms with Crippen LogP contribution >= 0.6 is 0 Å². The zero-order valence-corrected chi connectivity index (χ0v) is 12.2. The number of fused-ring (bicyclic) bond motifs is 1. The maximum atomic E-state index is 2.39. The highest BCUT2D eigenvalue weighted by molar-refractivity contribution is 5.73. The Morgan fingerprint density at radius 1 is 0.833 bits per heavy atom. The van der Waals surface area contributed by atoms with Gasteiger partial charge in [0.25, 0.3) is 0 Å². The molecule has 0 bridgehead atoms. The van der Waals surface area contributed by atoms with E-state index in [4.69, 9.17) is 0 Å². The molecule has 0 N–H and O–H groups in total. The van der Waals surface area contributed by atoms with E-state index in [2.05, 4.69) is 65.0 Å². The zero-order valence-electron chi connectivity index (χ0n) is 12.2. The second-order valence-corrected chi connectivity index (χ2v) is 6.00. The third-order valence-corrected chi connectivity index (χ3v) is 4.21. The maximum absolute atomic E-state index is 2.39. The third kappa shape index (κ3) is 2.58. The molecule has 0 spiro atoms. The molecule has 0 heterocycles. The molecule has 0 aromatic carbocycles. The predicted molar refractivity (Wildman–Crippen MR) is 80.2 cm³/mol. The third-order valence-electron chi connectivity index (χ3n) is 4.21. The Labute approximate surface area is 111 Å². The first kappa shape index (κ1) is 13.1. The van der Waals surface area contributed by atoms with Gasteiger partial charge in [-0.25, -0.2) is 0 Å². The summed E-state index contributed by atoms with van der Waals surface area (Å²) >= 11 is 0. The van der Waals surface area contributed by atoms with Gasteiger partial charge in [0, 0.05) is 0 Å². The standard InChI is InChI=1S/C18H24/c1-12(2)15(5)10-16-8-6-13(3)17-9-7-14(4)18(17)11-16/h6-9,11-12,15H,10H2,1-5H3. The summed E-state index contributed by atoms with van der Waals surface area (Å²) in [5.41, 5.74) is 7.05. The lowest BCUT2D eigenvalue weighted by atomic mass is 9.91. The molecule has 0 nitrogen and oxygen atoms in total. The Hall–Kier alpha value is -1.30. The van der Waals surface area contributed by atoms with E-state index in [9.17, 15) is 0 Å². The van der Waals surface area contributed by atoms with Crippen molar-refractivity contribution in [2.75, 3.05) is 0 Å². The maximum Gasteiger partial charge on any atom is -0.0149 e. The molecule has 0 heteroatoms. The average molecular weight is 240 g/mol. The van der Waals surface area contributed by atoms with Crippen molar-refractivity contribution in [2.24, 2.45) is 11.8 Å². The fourth-order valence-electron chi connectivity index (χ4n) is 2.43. The highest BCUT2D eigenvalue weighted by atomic mass is 14.2. The van der Waals surface area contributed by atoms with Gasteiger partial charge in [-0.1, -0.05) is 51.1 Å². The lowest BCUT2D eigenvalue weighted by molar-refractivity contribution is 0.417. The Morgan fingerprint density at radius 2 is 1.44 bits per heavy atom. The first-order chi connectivity index (χ1) is 8.49. The predicted octanol–water partition coefficient (Wildman–Crippen LogP) is 5.24. The van der Waals surface area contributed by atoms with Crippen LogP contribution in [-0.4, -0.2) is 0 Å². The Kier molecular flexibility index (Phi) is 3.75. The van der Waals surface area contributed by atoms with E-state index in [1.807, 2.05) is 0 Å². The van der Waals surface area contributed by atoms with Gasteiger partial charge >= 0.3 is 0 Å². The summed E-state index contributed by atoms with van der Waals surface area (Å²) in [6.45, 7) is 11.4. The van der Waals surface area contributed by atoms with Gasteiger partial charge < -0.3 is 0 Å². The molecule has 0 saturated heterocycles. The molecule has 2 rings (SSSR count). The van der Waals surface area contributed by atoms with Crippen LogP contribution in [0.15, 0.2) is 30.3 Å². The van der Waals surface area contributed by atoms with E-state index < -0.39 is 0 Å². The van der Waals surface area contributed by atoms with Gasteiger partial charge in [-0.3, -0.25) is 0 Å². The van der Waals surface area contributed by atoms with E-state index in [1.54, 1.807) is 0 Å². The molecular formula is C18H24. The SMILES string of the molecule is Cc1ccc(CC(C)C(C)C)cc2c(C)ccc1-2. The summed E-state index contributed by atoms with van der Waals surface area (Å²) in [6.07, 6.45) is 1.17. The Balaban J connectivity index is 2.41. The second kappa shape index (κ2) is 5.14. The smallest absolute Gasteiger partial charge is 0.0149 e. The van der Waals surface area contributed by atoms with Crippen LogP contribution in [0.5, 0.6) is 0 Å². The fraction of sp³-hybridized carbons (Fsp3) is 0.444. The van der Waals surface area contributed by atoms with Gasteiger partial charge in [0.1, 0.15) is 0 Å². The molecule has 0 aliphatic heterocycles. The molecule has 1 atom stereocenters. The molecule has 0 aromatic heterocycles. The number of hydrogen-bond acceptors (Lipinski definition) is 0. The van der Waals surface area contributed by atoms with Crippen molar-refractivity contribution < 1.29 is 0 Å². The normalized spacial score (nSPS) is 13.2. The molecular weight excluding hydrogens is 216 g/mol. The molecule has 0 saturated carbocycles. The van der Waals surface area contributed by atoms with E-state index in [-0.39, 0.29) is 0 Å². The van der Waals surface area contributed by atoms with Crippen molar-refractivity contribution in [3.63, 3.8) is 0 Å². The minimum Gasteiger partial charge on any atom is -0.0625 e. The zero-order chi connectivity index (χ0) is 13.3. The summed E-state index contributed by atoms with van der Waals surface area (Å²) in [5.74, 6) is 1.48.